The molecule has 0 heterocycles. The van der Waals surface area contributed by atoms with E-state index in [1.165, 1.54) is 5.56 Å². The molecule has 0 saturated carbocycles. The van der Waals surface area contributed by atoms with E-state index in [9.17, 15) is 0 Å². The van der Waals surface area contributed by atoms with Crippen LogP contribution in [0.15, 0.2) is 48.5 Å². The number of hydrogen-bond donors (Lipinski definition) is 1. The van der Waals surface area contributed by atoms with Crippen LogP contribution in [0.25, 0.3) is 0 Å². The summed E-state index contributed by atoms with van der Waals surface area (Å²) in [5.41, 5.74) is 6.76. The molecule has 18 heavy (non-hydrogen) atoms. The molecule has 0 aromatic heterocycles. The van der Waals surface area contributed by atoms with Crippen molar-refractivity contribution in [3.05, 3.63) is 59.1 Å². The topological polar surface area (TPSA) is 35.2 Å². The summed E-state index contributed by atoms with van der Waals surface area (Å²) >= 11 is 6.04. The highest BCUT2D eigenvalue weighted by atomic mass is 35.5. The van der Waals surface area contributed by atoms with Crippen LogP contribution in [-0.4, -0.2) is 6.54 Å². The highest BCUT2D eigenvalue weighted by molar-refractivity contribution is 6.32. The predicted molar refractivity (Wildman–Crippen MR) is 75.3 cm³/mol. The average molecular weight is 262 g/mol. The quantitative estimate of drug-likeness (QED) is 0.882. The van der Waals surface area contributed by atoms with Gasteiger partial charge >= 0.3 is 0 Å². The Morgan fingerprint density at radius 2 is 1.72 bits per heavy atom. The van der Waals surface area contributed by atoms with Gasteiger partial charge in [-0.2, -0.15) is 0 Å². The Kier molecular flexibility index (Phi) is 4.62. The van der Waals surface area contributed by atoms with E-state index in [1.54, 1.807) is 0 Å². The number of hydrogen-bond acceptors (Lipinski definition) is 2. The van der Waals surface area contributed by atoms with E-state index in [2.05, 4.69) is 12.1 Å². The van der Waals surface area contributed by atoms with Gasteiger partial charge in [-0.3, -0.25) is 0 Å². The molecule has 0 bridgehead atoms. The third-order valence-electron chi connectivity index (χ3n) is 2.66. The van der Waals surface area contributed by atoms with Crippen molar-refractivity contribution in [1.29, 1.82) is 0 Å². The smallest absolute Gasteiger partial charge is 0.146 e. The van der Waals surface area contributed by atoms with Crippen molar-refractivity contribution >= 4 is 11.6 Å². The van der Waals surface area contributed by atoms with Crippen LogP contribution in [0.2, 0.25) is 5.02 Å². The van der Waals surface area contributed by atoms with Gasteiger partial charge in [-0.25, -0.2) is 0 Å². The van der Waals surface area contributed by atoms with E-state index in [4.69, 9.17) is 22.1 Å². The molecule has 0 unspecified atom stereocenters. The van der Waals surface area contributed by atoms with Crippen LogP contribution in [-0.2, 0) is 6.42 Å². The first-order chi connectivity index (χ1) is 8.79. The highest BCUT2D eigenvalue weighted by Crippen LogP contribution is 2.28. The number of rotatable bonds is 5. The summed E-state index contributed by atoms with van der Waals surface area (Å²) in [7, 11) is 0. The van der Waals surface area contributed by atoms with Crippen molar-refractivity contribution in [3.8, 4) is 11.5 Å². The van der Waals surface area contributed by atoms with Gasteiger partial charge < -0.3 is 10.5 Å². The highest BCUT2D eigenvalue weighted by Gasteiger charge is 2.01. The van der Waals surface area contributed by atoms with Crippen LogP contribution in [0.1, 0.15) is 12.0 Å². The number of ether oxygens (including phenoxy) is 1. The molecule has 2 N–H and O–H groups in total. The van der Waals surface area contributed by atoms with Crippen LogP contribution < -0.4 is 10.5 Å². The first-order valence-corrected chi connectivity index (χ1v) is 6.39. The monoisotopic (exact) mass is 261 g/mol. The molecule has 0 aliphatic heterocycles. The van der Waals surface area contributed by atoms with E-state index in [0.29, 0.717) is 10.8 Å². The minimum absolute atomic E-state index is 0.615. The van der Waals surface area contributed by atoms with Crippen molar-refractivity contribution < 1.29 is 4.74 Å². The molecule has 0 fully saturated rings. The normalized spacial score (nSPS) is 10.3. The van der Waals surface area contributed by atoms with Gasteiger partial charge in [0.15, 0.2) is 0 Å². The van der Waals surface area contributed by atoms with Crippen molar-refractivity contribution in [1.82, 2.24) is 0 Å². The number of benzene rings is 2. The Hall–Kier alpha value is -1.51. The third kappa shape index (κ3) is 3.49. The van der Waals surface area contributed by atoms with E-state index >= 15 is 0 Å². The van der Waals surface area contributed by atoms with E-state index < -0.39 is 0 Å². The van der Waals surface area contributed by atoms with Crippen molar-refractivity contribution in [2.45, 2.75) is 12.8 Å². The molecular formula is C15H16ClNO. The van der Waals surface area contributed by atoms with Gasteiger partial charge in [-0.15, -0.1) is 0 Å². The molecule has 0 saturated heterocycles. The van der Waals surface area contributed by atoms with Gasteiger partial charge in [0.2, 0.25) is 0 Å². The number of halogens is 1. The van der Waals surface area contributed by atoms with Gasteiger partial charge in [-0.05, 0) is 49.2 Å². The van der Waals surface area contributed by atoms with Crippen molar-refractivity contribution in [2.75, 3.05) is 6.54 Å². The summed E-state index contributed by atoms with van der Waals surface area (Å²) in [5.74, 6) is 1.47. The second kappa shape index (κ2) is 6.43. The zero-order valence-electron chi connectivity index (χ0n) is 10.1. The molecule has 0 atom stereocenters. The van der Waals surface area contributed by atoms with E-state index in [0.717, 1.165) is 25.1 Å². The van der Waals surface area contributed by atoms with E-state index in [-0.39, 0.29) is 0 Å². The zero-order chi connectivity index (χ0) is 12.8. The first-order valence-electron chi connectivity index (χ1n) is 6.01. The molecular weight excluding hydrogens is 246 g/mol. The Morgan fingerprint density at radius 3 is 2.39 bits per heavy atom. The fraction of sp³-hybridized carbons (Fsp3) is 0.200. The second-order valence-electron chi connectivity index (χ2n) is 4.07. The second-order valence-corrected chi connectivity index (χ2v) is 4.48. The maximum Gasteiger partial charge on any atom is 0.146 e. The standard InChI is InChI=1S/C15H16ClNO/c16-14-5-1-2-6-15(14)18-13-9-7-12(8-10-13)4-3-11-17/h1-2,5-10H,3-4,11,17H2. The van der Waals surface area contributed by atoms with Crippen molar-refractivity contribution in [2.24, 2.45) is 5.73 Å². The summed E-state index contributed by atoms with van der Waals surface area (Å²) in [5, 5.41) is 0.615. The predicted octanol–water partition coefficient (Wildman–Crippen LogP) is 4.02. The molecule has 0 amide bonds. The Labute approximate surface area is 112 Å². The van der Waals surface area contributed by atoms with Crippen LogP contribution in [0, 0.1) is 0 Å². The fourth-order valence-electron chi connectivity index (χ4n) is 1.68. The summed E-state index contributed by atoms with van der Waals surface area (Å²) in [6, 6.07) is 15.5. The molecule has 3 heteroatoms. The van der Waals surface area contributed by atoms with Gasteiger partial charge in [0.25, 0.3) is 0 Å². The number of para-hydroxylation sites is 1. The van der Waals surface area contributed by atoms with Crippen molar-refractivity contribution in [3.63, 3.8) is 0 Å². The summed E-state index contributed by atoms with van der Waals surface area (Å²) in [6.45, 7) is 0.720. The zero-order valence-corrected chi connectivity index (χ0v) is 10.9. The Morgan fingerprint density at radius 1 is 1.00 bits per heavy atom. The molecule has 0 aliphatic carbocycles. The molecule has 0 spiro atoms. The lowest BCUT2D eigenvalue weighted by atomic mass is 10.1. The molecule has 0 radical (unpaired) electrons. The minimum Gasteiger partial charge on any atom is -0.456 e. The van der Waals surface area contributed by atoms with Gasteiger partial charge in [0.05, 0.1) is 5.02 Å². The molecule has 2 aromatic rings. The number of aryl methyl sites for hydroxylation is 1. The van der Waals surface area contributed by atoms with Crippen LogP contribution in [0.4, 0.5) is 0 Å². The Bertz CT molecular complexity index is 496. The van der Waals surface area contributed by atoms with Crippen LogP contribution in [0.5, 0.6) is 11.5 Å². The number of nitrogens with two attached hydrogens (primary N) is 1. The maximum absolute atomic E-state index is 6.04. The van der Waals surface area contributed by atoms with Crippen LogP contribution in [0.3, 0.4) is 0 Å². The van der Waals surface area contributed by atoms with Gasteiger partial charge in [-0.1, -0.05) is 35.9 Å². The molecule has 0 aliphatic rings. The summed E-state index contributed by atoms with van der Waals surface area (Å²) in [6.07, 6.45) is 2.01. The average Bonchev–Trinajstić information content (AvgIpc) is 2.41. The summed E-state index contributed by atoms with van der Waals surface area (Å²) < 4.78 is 5.71. The SMILES string of the molecule is NCCCc1ccc(Oc2ccccc2Cl)cc1. The molecule has 94 valence electrons. The molecule has 2 nitrogen and oxygen atoms in total. The maximum atomic E-state index is 6.04. The van der Waals surface area contributed by atoms with E-state index in [1.807, 2.05) is 36.4 Å². The van der Waals surface area contributed by atoms with Crippen LogP contribution >= 0.6 is 11.6 Å². The first kappa shape index (κ1) is 12.9. The lowest BCUT2D eigenvalue weighted by molar-refractivity contribution is 0.482. The summed E-state index contributed by atoms with van der Waals surface area (Å²) in [4.78, 5) is 0. The lowest BCUT2D eigenvalue weighted by Gasteiger charge is -2.08. The van der Waals surface area contributed by atoms with Gasteiger partial charge in [0.1, 0.15) is 11.5 Å². The molecule has 2 rings (SSSR count). The third-order valence-corrected chi connectivity index (χ3v) is 2.97. The molecule has 2 aromatic carbocycles. The lowest BCUT2D eigenvalue weighted by Crippen LogP contribution is -2.00. The minimum atomic E-state index is 0.615. The Balaban J connectivity index is 2.04. The largest absolute Gasteiger partial charge is 0.456 e. The fourth-order valence-corrected chi connectivity index (χ4v) is 1.86. The van der Waals surface area contributed by atoms with Gasteiger partial charge in [0, 0.05) is 0 Å².